The summed E-state index contributed by atoms with van der Waals surface area (Å²) in [5, 5.41) is 0. The van der Waals surface area contributed by atoms with E-state index in [9.17, 15) is 4.79 Å². The van der Waals surface area contributed by atoms with Crippen LogP contribution in [0.15, 0.2) is 48.8 Å². The first kappa shape index (κ1) is 14.8. The molecule has 0 unspecified atom stereocenters. The number of nitrogens with zero attached hydrogens (tertiary/aromatic N) is 2. The van der Waals surface area contributed by atoms with Gasteiger partial charge in [0.1, 0.15) is 0 Å². The Morgan fingerprint density at radius 1 is 1.27 bits per heavy atom. The number of benzene rings is 1. The Labute approximate surface area is 132 Å². The Morgan fingerprint density at radius 3 is 2.91 bits per heavy atom. The highest BCUT2D eigenvalue weighted by molar-refractivity contribution is 5.78. The Bertz CT molecular complexity index is 639. The molecule has 3 heteroatoms. The molecule has 1 amide bonds. The van der Waals surface area contributed by atoms with Crippen molar-refractivity contribution in [2.24, 2.45) is 0 Å². The van der Waals surface area contributed by atoms with Gasteiger partial charge < -0.3 is 4.90 Å². The lowest BCUT2D eigenvalue weighted by Gasteiger charge is -2.33. The number of aromatic nitrogens is 1. The van der Waals surface area contributed by atoms with E-state index in [1.807, 2.05) is 17.0 Å². The van der Waals surface area contributed by atoms with Gasteiger partial charge in [0.25, 0.3) is 0 Å². The van der Waals surface area contributed by atoms with Gasteiger partial charge in [-0.15, -0.1) is 0 Å². The van der Waals surface area contributed by atoms with Crippen molar-refractivity contribution < 1.29 is 4.79 Å². The van der Waals surface area contributed by atoms with Crippen LogP contribution in [0.2, 0.25) is 0 Å². The molecule has 2 aromatic rings. The molecule has 0 saturated carbocycles. The van der Waals surface area contributed by atoms with Crippen LogP contribution in [0.3, 0.4) is 0 Å². The molecule has 1 atom stereocenters. The lowest BCUT2D eigenvalue weighted by atomic mass is 9.88. The molecule has 114 valence electrons. The second kappa shape index (κ2) is 6.73. The largest absolute Gasteiger partial charge is 0.342 e. The van der Waals surface area contributed by atoms with E-state index in [0.29, 0.717) is 12.3 Å². The summed E-state index contributed by atoms with van der Waals surface area (Å²) in [6, 6.07) is 12.4. The van der Waals surface area contributed by atoms with Crippen LogP contribution in [-0.4, -0.2) is 28.9 Å². The van der Waals surface area contributed by atoms with Crippen molar-refractivity contribution in [1.82, 2.24) is 9.88 Å². The van der Waals surface area contributed by atoms with E-state index < -0.39 is 0 Å². The minimum atomic E-state index is 0.214. The van der Waals surface area contributed by atoms with Gasteiger partial charge in [-0.1, -0.05) is 30.3 Å². The third-order valence-corrected chi connectivity index (χ3v) is 4.48. The van der Waals surface area contributed by atoms with Crippen LogP contribution in [0.5, 0.6) is 0 Å². The summed E-state index contributed by atoms with van der Waals surface area (Å²) in [4.78, 5) is 18.6. The summed E-state index contributed by atoms with van der Waals surface area (Å²) in [6.07, 6.45) is 6.22. The highest BCUT2D eigenvalue weighted by Crippen LogP contribution is 2.29. The van der Waals surface area contributed by atoms with Gasteiger partial charge >= 0.3 is 0 Å². The number of piperidine rings is 1. The van der Waals surface area contributed by atoms with Gasteiger partial charge in [0, 0.05) is 31.4 Å². The lowest BCUT2D eigenvalue weighted by molar-refractivity contribution is -0.131. The minimum absolute atomic E-state index is 0.214. The molecule has 1 saturated heterocycles. The van der Waals surface area contributed by atoms with Crippen LogP contribution in [-0.2, 0) is 11.2 Å². The number of rotatable bonds is 3. The molecule has 0 aliphatic carbocycles. The topological polar surface area (TPSA) is 33.2 Å². The number of pyridine rings is 1. The molecule has 1 aliphatic heterocycles. The summed E-state index contributed by atoms with van der Waals surface area (Å²) in [6.45, 7) is 3.87. The van der Waals surface area contributed by atoms with Gasteiger partial charge in [0.2, 0.25) is 5.91 Å². The smallest absolute Gasteiger partial charge is 0.227 e. The summed E-state index contributed by atoms with van der Waals surface area (Å²) < 4.78 is 0. The van der Waals surface area contributed by atoms with Crippen molar-refractivity contribution >= 4 is 5.91 Å². The standard InChI is InChI=1S/C19H22N2O/c1-15-6-2-3-9-18(15)17-8-5-11-21(14-17)19(22)12-16-7-4-10-20-13-16/h2-4,6-7,9-10,13,17H,5,8,11-12,14H2,1H3/t17-/m0/s1. The number of amides is 1. The zero-order valence-electron chi connectivity index (χ0n) is 13.0. The Hall–Kier alpha value is -2.16. The first-order valence-electron chi connectivity index (χ1n) is 7.96. The van der Waals surface area contributed by atoms with Gasteiger partial charge in [-0.3, -0.25) is 9.78 Å². The summed E-state index contributed by atoms with van der Waals surface area (Å²) in [5.41, 5.74) is 3.71. The molecule has 0 bridgehead atoms. The molecule has 0 radical (unpaired) electrons. The number of aryl methyl sites for hydroxylation is 1. The lowest BCUT2D eigenvalue weighted by Crippen LogP contribution is -2.40. The fourth-order valence-corrected chi connectivity index (χ4v) is 3.29. The van der Waals surface area contributed by atoms with Crippen LogP contribution in [0.4, 0.5) is 0 Å². The van der Waals surface area contributed by atoms with E-state index in [4.69, 9.17) is 0 Å². The third kappa shape index (κ3) is 3.35. The van der Waals surface area contributed by atoms with E-state index in [0.717, 1.165) is 25.1 Å². The van der Waals surface area contributed by atoms with Crippen molar-refractivity contribution in [2.45, 2.75) is 32.1 Å². The SMILES string of the molecule is Cc1ccccc1[C@H]1CCCN(C(=O)Cc2cccnc2)C1. The Balaban J connectivity index is 1.68. The molecule has 22 heavy (non-hydrogen) atoms. The van der Waals surface area contributed by atoms with E-state index in [-0.39, 0.29) is 5.91 Å². The molecule has 1 aliphatic rings. The van der Waals surface area contributed by atoms with E-state index in [1.54, 1.807) is 12.4 Å². The maximum Gasteiger partial charge on any atom is 0.227 e. The highest BCUT2D eigenvalue weighted by atomic mass is 16.2. The zero-order chi connectivity index (χ0) is 15.4. The molecule has 1 aromatic carbocycles. The predicted molar refractivity (Wildman–Crippen MR) is 87.7 cm³/mol. The summed E-state index contributed by atoms with van der Waals surface area (Å²) >= 11 is 0. The van der Waals surface area contributed by atoms with Crippen LogP contribution in [0, 0.1) is 6.92 Å². The normalized spacial score (nSPS) is 18.2. The second-order valence-electron chi connectivity index (χ2n) is 6.07. The van der Waals surface area contributed by atoms with E-state index in [1.165, 1.54) is 17.5 Å². The molecule has 3 rings (SSSR count). The monoisotopic (exact) mass is 294 g/mol. The molecule has 1 aromatic heterocycles. The number of carbonyl (C=O) groups is 1. The molecular weight excluding hydrogens is 272 g/mol. The van der Waals surface area contributed by atoms with Crippen LogP contribution in [0.1, 0.15) is 35.4 Å². The second-order valence-corrected chi connectivity index (χ2v) is 6.07. The van der Waals surface area contributed by atoms with Crippen LogP contribution in [0.25, 0.3) is 0 Å². The van der Waals surface area contributed by atoms with Crippen molar-refractivity contribution in [2.75, 3.05) is 13.1 Å². The Morgan fingerprint density at radius 2 is 2.14 bits per heavy atom. The maximum absolute atomic E-state index is 12.5. The average Bonchev–Trinajstić information content (AvgIpc) is 2.56. The average molecular weight is 294 g/mol. The van der Waals surface area contributed by atoms with Crippen molar-refractivity contribution in [3.8, 4) is 0 Å². The molecule has 3 nitrogen and oxygen atoms in total. The van der Waals surface area contributed by atoms with Gasteiger partial charge in [0.05, 0.1) is 6.42 Å². The zero-order valence-corrected chi connectivity index (χ0v) is 13.0. The number of carbonyl (C=O) groups excluding carboxylic acids is 1. The van der Waals surface area contributed by atoms with Crippen molar-refractivity contribution in [3.05, 3.63) is 65.5 Å². The van der Waals surface area contributed by atoms with Gasteiger partial charge in [-0.05, 0) is 42.5 Å². The minimum Gasteiger partial charge on any atom is -0.342 e. The number of hydrogen-bond acceptors (Lipinski definition) is 2. The van der Waals surface area contributed by atoms with Crippen molar-refractivity contribution in [1.29, 1.82) is 0 Å². The Kier molecular flexibility index (Phi) is 4.52. The van der Waals surface area contributed by atoms with E-state index in [2.05, 4.69) is 36.2 Å². The fourth-order valence-electron chi connectivity index (χ4n) is 3.29. The van der Waals surface area contributed by atoms with Crippen LogP contribution < -0.4 is 0 Å². The summed E-state index contributed by atoms with van der Waals surface area (Å²) in [5.74, 6) is 0.680. The molecule has 0 N–H and O–H groups in total. The fraction of sp³-hybridized carbons (Fsp3) is 0.368. The van der Waals surface area contributed by atoms with Crippen LogP contribution >= 0.6 is 0 Å². The third-order valence-electron chi connectivity index (χ3n) is 4.48. The molecule has 2 heterocycles. The molecule has 1 fully saturated rings. The first-order valence-corrected chi connectivity index (χ1v) is 7.96. The predicted octanol–water partition coefficient (Wildman–Crippen LogP) is 3.34. The quantitative estimate of drug-likeness (QED) is 0.870. The summed E-state index contributed by atoms with van der Waals surface area (Å²) in [7, 11) is 0. The molecule has 0 spiro atoms. The molecular formula is C19H22N2O. The number of hydrogen-bond donors (Lipinski definition) is 0. The van der Waals surface area contributed by atoms with Gasteiger partial charge in [-0.2, -0.15) is 0 Å². The number of likely N-dealkylation sites (tertiary alicyclic amines) is 1. The first-order chi connectivity index (χ1) is 10.7. The van der Waals surface area contributed by atoms with Crippen molar-refractivity contribution in [3.63, 3.8) is 0 Å². The highest BCUT2D eigenvalue weighted by Gasteiger charge is 2.25. The van der Waals surface area contributed by atoms with Gasteiger partial charge in [0.15, 0.2) is 0 Å². The van der Waals surface area contributed by atoms with Gasteiger partial charge in [-0.25, -0.2) is 0 Å². The van der Waals surface area contributed by atoms with E-state index >= 15 is 0 Å². The maximum atomic E-state index is 12.5.